The number of hydrogen-bond donors (Lipinski definition) is 2. The van der Waals surface area contributed by atoms with E-state index in [2.05, 4.69) is 6.92 Å². The van der Waals surface area contributed by atoms with Gasteiger partial charge in [0.25, 0.3) is 0 Å². The minimum absolute atomic E-state index is 0.160. The SMILES string of the molecule is CC(C)c1ccc2c(c1)[C@H](OS(N)(=O)=O)C[C@H]1[C@](C)(CNC(=O)C(F)(F)F)CCC[C@]21C. The fraction of sp³-hybridized carbons (Fsp3) is 0.682. The summed E-state index contributed by atoms with van der Waals surface area (Å²) in [4.78, 5) is 11.5. The Kier molecular flexibility index (Phi) is 6.47. The van der Waals surface area contributed by atoms with E-state index in [-0.39, 0.29) is 24.8 Å². The lowest BCUT2D eigenvalue weighted by Gasteiger charge is -2.56. The second-order valence-corrected chi connectivity index (χ2v) is 11.2. The van der Waals surface area contributed by atoms with Crippen LogP contribution in [-0.4, -0.2) is 27.0 Å². The number of halogens is 3. The Labute approximate surface area is 187 Å². The van der Waals surface area contributed by atoms with Crippen molar-refractivity contribution in [2.24, 2.45) is 16.5 Å². The van der Waals surface area contributed by atoms with Crippen LogP contribution in [0, 0.1) is 11.3 Å². The van der Waals surface area contributed by atoms with Gasteiger partial charge in [0.2, 0.25) is 0 Å². The van der Waals surface area contributed by atoms with E-state index in [1.54, 1.807) is 0 Å². The maximum absolute atomic E-state index is 12.8. The lowest BCUT2D eigenvalue weighted by Crippen LogP contribution is -2.55. The minimum Gasteiger partial charge on any atom is -0.348 e. The second kappa shape index (κ2) is 8.29. The highest BCUT2D eigenvalue weighted by Crippen LogP contribution is 2.60. The van der Waals surface area contributed by atoms with Crippen molar-refractivity contribution in [2.75, 3.05) is 6.54 Å². The maximum atomic E-state index is 12.8. The van der Waals surface area contributed by atoms with E-state index in [1.165, 1.54) is 0 Å². The molecule has 180 valence electrons. The molecule has 0 radical (unpaired) electrons. The summed E-state index contributed by atoms with van der Waals surface area (Å²) in [6, 6.07) is 5.94. The quantitative estimate of drug-likeness (QED) is 0.665. The third kappa shape index (κ3) is 4.82. The molecule has 32 heavy (non-hydrogen) atoms. The van der Waals surface area contributed by atoms with Crippen molar-refractivity contribution in [2.45, 2.75) is 77.0 Å². The summed E-state index contributed by atoms with van der Waals surface area (Å²) in [6.45, 7) is 7.83. The summed E-state index contributed by atoms with van der Waals surface area (Å²) in [5, 5.41) is 7.25. The van der Waals surface area contributed by atoms with Gasteiger partial charge in [-0.1, -0.05) is 52.3 Å². The van der Waals surface area contributed by atoms with E-state index in [0.717, 1.165) is 29.5 Å². The van der Waals surface area contributed by atoms with Crippen molar-refractivity contribution in [1.29, 1.82) is 0 Å². The van der Waals surface area contributed by atoms with Crippen LogP contribution in [0.5, 0.6) is 0 Å². The van der Waals surface area contributed by atoms with Crippen molar-refractivity contribution >= 4 is 16.2 Å². The van der Waals surface area contributed by atoms with Gasteiger partial charge in [-0.25, -0.2) is 5.14 Å². The number of nitrogens with one attached hydrogen (secondary N) is 1. The number of hydrogen-bond acceptors (Lipinski definition) is 4. The van der Waals surface area contributed by atoms with Crippen molar-refractivity contribution in [1.82, 2.24) is 5.32 Å². The number of rotatable bonds is 5. The molecule has 0 unspecified atom stereocenters. The molecular weight excluding hydrogens is 445 g/mol. The van der Waals surface area contributed by atoms with Crippen LogP contribution in [0.2, 0.25) is 0 Å². The fourth-order valence-electron chi connectivity index (χ4n) is 5.76. The molecule has 1 amide bonds. The van der Waals surface area contributed by atoms with Crippen LogP contribution < -0.4 is 10.5 Å². The molecule has 3 rings (SSSR count). The molecule has 1 aromatic rings. The zero-order valence-corrected chi connectivity index (χ0v) is 19.6. The molecule has 0 spiro atoms. The number of fused-ring (bicyclic) bond motifs is 3. The Morgan fingerprint density at radius 1 is 1.28 bits per heavy atom. The largest absolute Gasteiger partial charge is 0.471 e. The second-order valence-electron chi connectivity index (χ2n) is 9.97. The third-order valence-corrected chi connectivity index (χ3v) is 7.87. The highest BCUT2D eigenvalue weighted by atomic mass is 32.2. The van der Waals surface area contributed by atoms with Crippen LogP contribution in [0.25, 0.3) is 0 Å². The lowest BCUT2D eigenvalue weighted by atomic mass is 9.49. The maximum Gasteiger partial charge on any atom is 0.471 e. The van der Waals surface area contributed by atoms with Crippen molar-refractivity contribution in [3.05, 3.63) is 34.9 Å². The summed E-state index contributed by atoms with van der Waals surface area (Å²) in [5.41, 5.74) is 1.64. The number of carbonyl (C=O) groups is 1. The van der Waals surface area contributed by atoms with Gasteiger partial charge in [0.1, 0.15) is 6.10 Å². The molecule has 0 heterocycles. The highest BCUT2D eigenvalue weighted by Gasteiger charge is 2.55. The molecule has 0 aliphatic heterocycles. The summed E-state index contributed by atoms with van der Waals surface area (Å²) in [6.07, 6.45) is -3.34. The Bertz CT molecular complexity index is 995. The third-order valence-electron chi connectivity index (χ3n) is 7.37. The van der Waals surface area contributed by atoms with Crippen LogP contribution in [0.15, 0.2) is 18.2 Å². The zero-order valence-electron chi connectivity index (χ0n) is 18.8. The molecule has 0 aromatic heterocycles. The van der Waals surface area contributed by atoms with Gasteiger partial charge in [-0.05, 0) is 58.6 Å². The summed E-state index contributed by atoms with van der Waals surface area (Å²) < 4.78 is 67.3. The van der Waals surface area contributed by atoms with Crippen molar-refractivity contribution < 1.29 is 30.6 Å². The minimum atomic E-state index is -4.96. The van der Waals surface area contributed by atoms with E-state index in [4.69, 9.17) is 9.32 Å². The Hall–Kier alpha value is -1.65. The molecule has 0 saturated heterocycles. The van der Waals surface area contributed by atoms with Crippen LogP contribution in [-0.2, 0) is 24.7 Å². The van der Waals surface area contributed by atoms with E-state index in [1.807, 2.05) is 44.3 Å². The van der Waals surface area contributed by atoms with Gasteiger partial charge in [-0.15, -0.1) is 0 Å². The topological polar surface area (TPSA) is 98.5 Å². The van der Waals surface area contributed by atoms with Gasteiger partial charge in [0.15, 0.2) is 0 Å². The first kappa shape index (κ1) is 25.0. The molecule has 4 atom stereocenters. The predicted octanol–water partition coefficient (Wildman–Crippen LogP) is 4.22. The number of carbonyl (C=O) groups excluding carboxylic acids is 1. The van der Waals surface area contributed by atoms with Crippen LogP contribution >= 0.6 is 0 Å². The zero-order chi connectivity index (χ0) is 24.1. The molecular formula is C22H31F3N2O4S. The first-order valence-electron chi connectivity index (χ1n) is 10.8. The van der Waals surface area contributed by atoms with E-state index < -0.39 is 39.3 Å². The number of amides is 1. The van der Waals surface area contributed by atoms with Gasteiger partial charge >= 0.3 is 22.4 Å². The number of benzene rings is 1. The van der Waals surface area contributed by atoms with Crippen LogP contribution in [0.3, 0.4) is 0 Å². The van der Waals surface area contributed by atoms with E-state index >= 15 is 0 Å². The molecule has 1 fully saturated rings. The average molecular weight is 477 g/mol. The normalized spacial score (nSPS) is 30.5. The summed E-state index contributed by atoms with van der Waals surface area (Å²) >= 11 is 0. The molecule has 2 aliphatic carbocycles. The summed E-state index contributed by atoms with van der Waals surface area (Å²) in [7, 11) is -4.26. The standard InChI is InChI=1S/C22H31F3N2O4S/c1-13(2)14-6-7-16-15(10-14)17(31-32(26,29)30)11-18-20(3,8-5-9-21(16,18)4)12-27-19(28)22(23,24)25/h6-7,10,13,17-18H,5,8-9,11-12H2,1-4H3,(H,27,28)(H2,26,29,30)/t17-,18+,20+,21-/m1/s1. The fourth-order valence-corrected chi connectivity index (χ4v) is 6.26. The van der Waals surface area contributed by atoms with Crippen LogP contribution in [0.1, 0.15) is 82.1 Å². The van der Waals surface area contributed by atoms with Crippen molar-refractivity contribution in [3.63, 3.8) is 0 Å². The summed E-state index contributed by atoms with van der Waals surface area (Å²) in [5.74, 6) is -1.97. The van der Waals surface area contributed by atoms with Crippen LogP contribution in [0.4, 0.5) is 13.2 Å². The van der Waals surface area contributed by atoms with Gasteiger partial charge < -0.3 is 5.32 Å². The Morgan fingerprint density at radius 2 is 1.94 bits per heavy atom. The lowest BCUT2D eigenvalue weighted by molar-refractivity contribution is -0.174. The monoisotopic (exact) mass is 476 g/mol. The van der Waals surface area contributed by atoms with Gasteiger partial charge in [0.05, 0.1) is 0 Å². The first-order chi connectivity index (χ1) is 14.6. The molecule has 2 aliphatic rings. The molecule has 1 saturated carbocycles. The smallest absolute Gasteiger partial charge is 0.348 e. The Morgan fingerprint density at radius 3 is 2.50 bits per heavy atom. The average Bonchev–Trinajstić information content (AvgIpc) is 2.65. The molecule has 6 nitrogen and oxygen atoms in total. The molecule has 0 bridgehead atoms. The van der Waals surface area contributed by atoms with E-state index in [0.29, 0.717) is 6.42 Å². The highest BCUT2D eigenvalue weighted by molar-refractivity contribution is 7.84. The Balaban J connectivity index is 2.05. The van der Waals surface area contributed by atoms with Gasteiger partial charge in [0, 0.05) is 6.54 Å². The molecule has 10 heteroatoms. The molecule has 3 N–H and O–H groups in total. The van der Waals surface area contributed by atoms with E-state index in [9.17, 15) is 26.4 Å². The predicted molar refractivity (Wildman–Crippen MR) is 114 cm³/mol. The van der Waals surface area contributed by atoms with Gasteiger partial charge in [-0.3, -0.25) is 8.98 Å². The van der Waals surface area contributed by atoms with Crippen molar-refractivity contribution in [3.8, 4) is 0 Å². The number of alkyl halides is 3. The number of nitrogens with two attached hydrogens (primary N) is 1. The first-order valence-corrected chi connectivity index (χ1v) is 12.2. The van der Waals surface area contributed by atoms with Gasteiger partial charge in [-0.2, -0.15) is 21.6 Å². The molecule has 1 aromatic carbocycles.